The number of fused-ring (bicyclic) bond motifs is 2. The van der Waals surface area contributed by atoms with Gasteiger partial charge in [-0.25, -0.2) is 24.8 Å². The molecule has 41 heavy (non-hydrogen) atoms. The van der Waals surface area contributed by atoms with Crippen LogP contribution in [0.25, 0.3) is 21.8 Å². The van der Waals surface area contributed by atoms with Crippen molar-refractivity contribution in [3.63, 3.8) is 0 Å². The van der Waals surface area contributed by atoms with Crippen LogP contribution in [0.15, 0.2) is 119 Å². The average Bonchev–Trinajstić information content (AvgIpc) is 3.56. The number of rotatable bonds is 7. The van der Waals surface area contributed by atoms with E-state index in [1.165, 1.54) is 45.5 Å². The molecule has 8 nitrogen and oxygen atoms in total. The van der Waals surface area contributed by atoms with Crippen molar-refractivity contribution in [3.05, 3.63) is 126 Å². The van der Waals surface area contributed by atoms with Crippen LogP contribution in [0.2, 0.25) is 0 Å². The number of aryl methyl sites for hydroxylation is 1. The van der Waals surface area contributed by atoms with Gasteiger partial charge in [0, 0.05) is 17.0 Å². The lowest BCUT2D eigenvalue weighted by atomic mass is 10.0. The first-order valence-electron chi connectivity index (χ1n) is 12.7. The van der Waals surface area contributed by atoms with Gasteiger partial charge in [-0.3, -0.25) is 0 Å². The highest BCUT2D eigenvalue weighted by Gasteiger charge is 2.30. The van der Waals surface area contributed by atoms with Crippen molar-refractivity contribution in [2.75, 3.05) is 7.11 Å². The van der Waals surface area contributed by atoms with Crippen LogP contribution in [0.1, 0.15) is 22.9 Å². The molecule has 0 saturated heterocycles. The highest BCUT2D eigenvalue weighted by Crippen LogP contribution is 2.38. The number of hydrogen-bond acceptors (Lipinski definition) is 6. The molecule has 0 saturated carbocycles. The Morgan fingerprint density at radius 3 is 1.98 bits per heavy atom. The molecule has 0 fully saturated rings. The molecule has 6 rings (SSSR count). The van der Waals surface area contributed by atoms with Crippen molar-refractivity contribution in [1.82, 2.24) is 7.94 Å². The molecule has 1 unspecified atom stereocenters. The normalized spacial score (nSPS) is 13.0. The van der Waals surface area contributed by atoms with Gasteiger partial charge >= 0.3 is 0 Å². The summed E-state index contributed by atoms with van der Waals surface area (Å²) in [6.07, 6.45) is 0.128. The van der Waals surface area contributed by atoms with Crippen LogP contribution >= 0.6 is 0 Å². The second kappa shape index (κ2) is 9.91. The van der Waals surface area contributed by atoms with Crippen molar-refractivity contribution < 1.29 is 26.7 Å². The topological polar surface area (TPSA) is 108 Å². The van der Waals surface area contributed by atoms with Gasteiger partial charge in [0.2, 0.25) is 0 Å². The van der Waals surface area contributed by atoms with Gasteiger partial charge in [0.25, 0.3) is 20.0 Å². The average molecular weight is 587 g/mol. The Hall–Kier alpha value is -4.38. The molecule has 0 aliphatic carbocycles. The van der Waals surface area contributed by atoms with Crippen LogP contribution in [0.4, 0.5) is 0 Å². The van der Waals surface area contributed by atoms with Gasteiger partial charge in [-0.05, 0) is 78.7 Å². The molecule has 1 atom stereocenters. The number of methoxy groups -OCH3 is 1. The lowest BCUT2D eigenvalue weighted by Crippen LogP contribution is -2.19. The first-order chi connectivity index (χ1) is 19.6. The predicted octanol–water partition coefficient (Wildman–Crippen LogP) is 5.47. The maximum atomic E-state index is 14.0. The van der Waals surface area contributed by atoms with Gasteiger partial charge in [-0.1, -0.05) is 42.5 Å². The number of benzene rings is 4. The number of nitrogens with zero attached hydrogens (tertiary/aromatic N) is 2. The molecule has 0 spiro atoms. The molecule has 6 aromatic rings. The number of hydrogen-bond donors (Lipinski definition) is 1. The van der Waals surface area contributed by atoms with E-state index in [4.69, 9.17) is 4.74 Å². The second-order valence-electron chi connectivity index (χ2n) is 9.63. The van der Waals surface area contributed by atoms with E-state index in [-0.39, 0.29) is 15.5 Å². The Balaban J connectivity index is 1.52. The van der Waals surface area contributed by atoms with E-state index in [0.717, 1.165) is 0 Å². The summed E-state index contributed by atoms with van der Waals surface area (Å²) in [4.78, 5) is 0.239. The van der Waals surface area contributed by atoms with Crippen LogP contribution < -0.4 is 4.74 Å². The van der Waals surface area contributed by atoms with Gasteiger partial charge in [0.05, 0.1) is 33.6 Å². The molecule has 0 bridgehead atoms. The van der Waals surface area contributed by atoms with E-state index in [1.807, 2.05) is 0 Å². The fourth-order valence-electron chi connectivity index (χ4n) is 5.19. The maximum absolute atomic E-state index is 14.0. The standard InChI is InChI=1S/C31H26N2O6S2/c1-21-27-20-24(39-2)14-16-29(27)33(41(37,38)26-11-7-4-8-12-26)30(21)31(34)23-13-15-28-22(19-23)17-18-32(28)40(35,36)25-9-5-3-6-10-25/h3-20,31,34H,1-2H3. The third-order valence-corrected chi connectivity index (χ3v) is 10.7. The molecule has 1 N–H and O–H groups in total. The summed E-state index contributed by atoms with van der Waals surface area (Å²) in [7, 11) is -6.41. The molecule has 2 aromatic heterocycles. The Morgan fingerprint density at radius 1 is 0.732 bits per heavy atom. The van der Waals surface area contributed by atoms with Crippen molar-refractivity contribution in [2.24, 2.45) is 0 Å². The van der Waals surface area contributed by atoms with E-state index >= 15 is 0 Å². The summed E-state index contributed by atoms with van der Waals surface area (Å²) in [5.41, 5.74) is 2.02. The van der Waals surface area contributed by atoms with Crippen molar-refractivity contribution in [3.8, 4) is 5.75 Å². The molecule has 208 valence electrons. The first kappa shape index (κ1) is 26.8. The molecule has 0 amide bonds. The van der Waals surface area contributed by atoms with Gasteiger partial charge in [0.1, 0.15) is 11.9 Å². The van der Waals surface area contributed by atoms with Crippen LogP contribution in [0, 0.1) is 6.92 Å². The Bertz CT molecular complexity index is 2130. The zero-order valence-corrected chi connectivity index (χ0v) is 23.8. The van der Waals surface area contributed by atoms with Crippen molar-refractivity contribution >= 4 is 41.9 Å². The zero-order chi connectivity index (χ0) is 28.9. The Morgan fingerprint density at radius 2 is 1.34 bits per heavy atom. The minimum Gasteiger partial charge on any atom is -0.497 e. The summed E-state index contributed by atoms with van der Waals surface area (Å²) in [6, 6.07) is 27.8. The lowest BCUT2D eigenvalue weighted by molar-refractivity contribution is 0.214. The molecule has 2 heterocycles. The Kier molecular flexibility index (Phi) is 6.49. The van der Waals surface area contributed by atoms with Crippen LogP contribution in [0.3, 0.4) is 0 Å². The van der Waals surface area contributed by atoms with E-state index < -0.39 is 26.2 Å². The fraction of sp³-hybridized carbons (Fsp3) is 0.0968. The third-order valence-electron chi connectivity index (χ3n) is 7.26. The van der Waals surface area contributed by atoms with Crippen LogP contribution in [-0.4, -0.2) is 37.0 Å². The highest BCUT2D eigenvalue weighted by molar-refractivity contribution is 7.90. The third kappa shape index (κ3) is 4.31. The largest absolute Gasteiger partial charge is 0.497 e. The highest BCUT2D eigenvalue weighted by atomic mass is 32.2. The summed E-state index contributed by atoms with van der Waals surface area (Å²) >= 11 is 0. The monoisotopic (exact) mass is 586 g/mol. The minimum atomic E-state index is -4.10. The van der Waals surface area contributed by atoms with Crippen LogP contribution in [0.5, 0.6) is 5.75 Å². The minimum absolute atomic E-state index is 0.0832. The number of aliphatic hydroxyl groups excluding tert-OH is 1. The number of ether oxygens (including phenoxy) is 1. The molecular formula is C31H26N2O6S2. The summed E-state index contributed by atoms with van der Waals surface area (Å²) in [6.45, 7) is 1.76. The zero-order valence-electron chi connectivity index (χ0n) is 22.2. The SMILES string of the molecule is COc1ccc2c(c1)c(C)c(C(O)c1ccc3c(ccn3S(=O)(=O)c3ccccc3)c1)n2S(=O)(=O)c1ccccc1. The van der Waals surface area contributed by atoms with Gasteiger partial charge in [-0.2, -0.15) is 0 Å². The van der Waals surface area contributed by atoms with E-state index in [1.54, 1.807) is 85.8 Å². The fourth-order valence-corrected chi connectivity index (χ4v) is 8.19. The van der Waals surface area contributed by atoms with E-state index in [9.17, 15) is 21.9 Å². The summed E-state index contributed by atoms with van der Waals surface area (Å²) < 4.78 is 62.3. The Labute approximate surface area is 237 Å². The summed E-state index contributed by atoms with van der Waals surface area (Å²) in [5, 5.41) is 13.0. The molecule has 10 heteroatoms. The van der Waals surface area contributed by atoms with Crippen molar-refractivity contribution in [1.29, 1.82) is 0 Å². The maximum Gasteiger partial charge on any atom is 0.268 e. The quantitative estimate of drug-likeness (QED) is 0.266. The molecule has 0 aliphatic heterocycles. The van der Waals surface area contributed by atoms with Gasteiger partial charge in [-0.15, -0.1) is 0 Å². The van der Waals surface area contributed by atoms with Crippen molar-refractivity contribution in [2.45, 2.75) is 22.8 Å². The predicted molar refractivity (Wildman–Crippen MR) is 157 cm³/mol. The second-order valence-corrected chi connectivity index (χ2v) is 13.2. The van der Waals surface area contributed by atoms with E-state index in [2.05, 4.69) is 0 Å². The molecule has 0 aliphatic rings. The number of aliphatic hydroxyl groups is 1. The molecule has 4 aromatic carbocycles. The smallest absolute Gasteiger partial charge is 0.268 e. The lowest BCUT2D eigenvalue weighted by Gasteiger charge is -2.18. The van der Waals surface area contributed by atoms with Crippen LogP contribution in [-0.2, 0) is 20.0 Å². The number of aromatic nitrogens is 2. The molecule has 0 radical (unpaired) electrons. The first-order valence-corrected chi connectivity index (χ1v) is 15.6. The summed E-state index contributed by atoms with van der Waals surface area (Å²) in [5.74, 6) is 0.554. The molecular weight excluding hydrogens is 560 g/mol. The van der Waals surface area contributed by atoms with E-state index in [0.29, 0.717) is 38.7 Å². The van der Waals surface area contributed by atoms with Gasteiger partial charge in [0.15, 0.2) is 0 Å². The van der Waals surface area contributed by atoms with Gasteiger partial charge < -0.3 is 9.84 Å².